The predicted molar refractivity (Wildman–Crippen MR) is 76.7 cm³/mol. The molecule has 0 bridgehead atoms. The van der Waals surface area contributed by atoms with Crippen molar-refractivity contribution >= 4 is 11.7 Å². The van der Waals surface area contributed by atoms with Crippen molar-refractivity contribution in [2.24, 2.45) is 0 Å². The highest BCUT2D eigenvalue weighted by Crippen LogP contribution is 2.15. The number of amides is 1. The summed E-state index contributed by atoms with van der Waals surface area (Å²) in [6.45, 7) is 5.62. The molecule has 2 rings (SSSR count). The van der Waals surface area contributed by atoms with Crippen molar-refractivity contribution < 1.29 is 9.53 Å². The molecular formula is C14H22N4O2. The number of carbonyl (C=O) groups is 1. The number of hydrogen-bond donors (Lipinski definition) is 2. The second-order valence-corrected chi connectivity index (χ2v) is 5.03. The van der Waals surface area contributed by atoms with Crippen LogP contribution in [0.5, 0.6) is 0 Å². The molecule has 2 N–H and O–H groups in total. The highest BCUT2D eigenvalue weighted by Gasteiger charge is 2.24. The lowest BCUT2D eigenvalue weighted by Gasteiger charge is -2.19. The van der Waals surface area contributed by atoms with Crippen LogP contribution in [0.4, 0.5) is 5.82 Å². The summed E-state index contributed by atoms with van der Waals surface area (Å²) in [6, 6.07) is -0.0148. The van der Waals surface area contributed by atoms with Crippen molar-refractivity contribution in [2.45, 2.75) is 45.3 Å². The van der Waals surface area contributed by atoms with Gasteiger partial charge in [0.05, 0.1) is 24.5 Å². The minimum atomic E-state index is -0.208. The van der Waals surface area contributed by atoms with Crippen LogP contribution in [0, 0.1) is 0 Å². The Hall–Kier alpha value is -1.69. The van der Waals surface area contributed by atoms with Crippen LogP contribution in [0.3, 0.4) is 0 Å². The summed E-state index contributed by atoms with van der Waals surface area (Å²) < 4.78 is 5.57. The van der Waals surface area contributed by atoms with Gasteiger partial charge in [-0.15, -0.1) is 0 Å². The first-order valence-electron chi connectivity index (χ1n) is 7.19. The number of ether oxygens (including phenoxy) is 1. The van der Waals surface area contributed by atoms with Gasteiger partial charge in [-0.25, -0.2) is 4.98 Å². The lowest BCUT2D eigenvalue weighted by atomic mass is 10.1. The molecule has 1 aromatic heterocycles. The first kappa shape index (κ1) is 14.7. The normalized spacial score (nSPS) is 19.6. The summed E-state index contributed by atoms with van der Waals surface area (Å²) >= 11 is 0. The lowest BCUT2D eigenvalue weighted by molar-refractivity contribution is 0.0709. The minimum absolute atomic E-state index is 0.0148. The van der Waals surface area contributed by atoms with E-state index in [-0.39, 0.29) is 18.1 Å². The second kappa shape index (κ2) is 7.19. The van der Waals surface area contributed by atoms with Gasteiger partial charge in [0, 0.05) is 13.2 Å². The van der Waals surface area contributed by atoms with Gasteiger partial charge in [0.15, 0.2) is 0 Å². The number of aromatic nitrogens is 2. The Morgan fingerprint density at radius 2 is 2.40 bits per heavy atom. The van der Waals surface area contributed by atoms with Crippen LogP contribution in [0.1, 0.15) is 43.6 Å². The van der Waals surface area contributed by atoms with Crippen LogP contribution < -0.4 is 10.6 Å². The molecule has 1 aliphatic heterocycles. The van der Waals surface area contributed by atoms with E-state index < -0.39 is 0 Å². The maximum Gasteiger partial charge on any atom is 0.271 e. The molecule has 2 atom stereocenters. The van der Waals surface area contributed by atoms with Crippen LogP contribution in [-0.4, -0.2) is 41.2 Å². The zero-order chi connectivity index (χ0) is 14.4. The first-order valence-corrected chi connectivity index (χ1v) is 7.19. The summed E-state index contributed by atoms with van der Waals surface area (Å²) in [5.41, 5.74) is 0.330. The number of hydrogen-bond acceptors (Lipinski definition) is 5. The van der Waals surface area contributed by atoms with Gasteiger partial charge >= 0.3 is 0 Å². The van der Waals surface area contributed by atoms with Crippen LogP contribution >= 0.6 is 0 Å². The number of nitrogens with one attached hydrogen (secondary N) is 2. The molecule has 1 fully saturated rings. The van der Waals surface area contributed by atoms with Crippen molar-refractivity contribution in [1.82, 2.24) is 15.3 Å². The average molecular weight is 278 g/mol. The number of anilines is 1. The third-order valence-corrected chi connectivity index (χ3v) is 3.30. The third kappa shape index (κ3) is 3.90. The molecule has 2 unspecified atom stereocenters. The van der Waals surface area contributed by atoms with Crippen molar-refractivity contribution in [2.75, 3.05) is 18.5 Å². The zero-order valence-corrected chi connectivity index (χ0v) is 12.1. The van der Waals surface area contributed by atoms with E-state index in [1.807, 2.05) is 6.92 Å². The quantitative estimate of drug-likeness (QED) is 0.826. The Balaban J connectivity index is 1.94. The smallest absolute Gasteiger partial charge is 0.271 e. The highest BCUT2D eigenvalue weighted by atomic mass is 16.5. The fourth-order valence-electron chi connectivity index (χ4n) is 2.18. The zero-order valence-electron chi connectivity index (χ0n) is 12.1. The highest BCUT2D eigenvalue weighted by molar-refractivity contribution is 5.92. The van der Waals surface area contributed by atoms with Gasteiger partial charge in [0.25, 0.3) is 5.91 Å². The summed E-state index contributed by atoms with van der Waals surface area (Å²) in [6.07, 6.45) is 6.25. The molecule has 6 heteroatoms. The van der Waals surface area contributed by atoms with E-state index in [4.69, 9.17) is 4.74 Å². The molecule has 110 valence electrons. The number of nitrogens with zero attached hydrogens (tertiary/aromatic N) is 2. The molecule has 20 heavy (non-hydrogen) atoms. The molecule has 2 heterocycles. The molecular weight excluding hydrogens is 256 g/mol. The van der Waals surface area contributed by atoms with E-state index in [1.165, 1.54) is 6.20 Å². The summed E-state index contributed by atoms with van der Waals surface area (Å²) in [5.74, 6) is 0.421. The maximum absolute atomic E-state index is 12.1. The Morgan fingerprint density at radius 1 is 1.55 bits per heavy atom. The largest absolute Gasteiger partial charge is 0.376 e. The Morgan fingerprint density at radius 3 is 3.10 bits per heavy atom. The van der Waals surface area contributed by atoms with Gasteiger partial charge in [-0.2, -0.15) is 0 Å². The standard InChI is InChI=1S/C14H22N4O2/c1-3-6-16-13-9-15-8-11(18-13)14(19)17-10(2)12-5-4-7-20-12/h8-10,12H,3-7H2,1-2H3,(H,16,18)(H,17,19). The third-order valence-electron chi connectivity index (χ3n) is 3.30. The number of carbonyl (C=O) groups excluding carboxylic acids is 1. The van der Waals surface area contributed by atoms with Gasteiger partial charge in [-0.3, -0.25) is 9.78 Å². The van der Waals surface area contributed by atoms with Gasteiger partial charge in [0.2, 0.25) is 0 Å². The molecule has 0 aromatic carbocycles. The van der Waals surface area contributed by atoms with Crippen molar-refractivity contribution in [3.05, 3.63) is 18.1 Å². The van der Waals surface area contributed by atoms with Crippen LogP contribution in [-0.2, 0) is 4.74 Å². The van der Waals surface area contributed by atoms with E-state index in [9.17, 15) is 4.79 Å². The van der Waals surface area contributed by atoms with Crippen LogP contribution in [0.25, 0.3) is 0 Å². The first-order chi connectivity index (χ1) is 9.70. The predicted octanol–water partition coefficient (Wildman–Crippen LogP) is 1.60. The molecule has 0 aliphatic carbocycles. The monoisotopic (exact) mass is 278 g/mol. The topological polar surface area (TPSA) is 76.1 Å². The molecule has 1 aliphatic rings. The minimum Gasteiger partial charge on any atom is -0.376 e. The van der Waals surface area contributed by atoms with Crippen molar-refractivity contribution in [1.29, 1.82) is 0 Å². The van der Waals surface area contributed by atoms with Crippen LogP contribution in [0.2, 0.25) is 0 Å². The summed E-state index contributed by atoms with van der Waals surface area (Å²) in [5, 5.41) is 6.05. The second-order valence-electron chi connectivity index (χ2n) is 5.03. The molecule has 6 nitrogen and oxygen atoms in total. The van der Waals surface area contributed by atoms with Crippen molar-refractivity contribution in [3.63, 3.8) is 0 Å². The Kier molecular flexibility index (Phi) is 5.29. The molecule has 1 amide bonds. The van der Waals surface area contributed by atoms with Crippen LogP contribution in [0.15, 0.2) is 12.4 Å². The van der Waals surface area contributed by atoms with Gasteiger partial charge < -0.3 is 15.4 Å². The van der Waals surface area contributed by atoms with Crippen molar-refractivity contribution in [3.8, 4) is 0 Å². The summed E-state index contributed by atoms with van der Waals surface area (Å²) in [7, 11) is 0. The maximum atomic E-state index is 12.1. The fraction of sp³-hybridized carbons (Fsp3) is 0.643. The fourth-order valence-corrected chi connectivity index (χ4v) is 2.18. The lowest BCUT2D eigenvalue weighted by Crippen LogP contribution is -2.41. The van der Waals surface area contributed by atoms with E-state index in [2.05, 4.69) is 27.5 Å². The van der Waals surface area contributed by atoms with Gasteiger partial charge in [-0.05, 0) is 26.2 Å². The van der Waals surface area contributed by atoms with E-state index in [1.54, 1.807) is 6.20 Å². The van der Waals surface area contributed by atoms with Gasteiger partial charge in [-0.1, -0.05) is 6.92 Å². The van der Waals surface area contributed by atoms with Gasteiger partial charge in [0.1, 0.15) is 11.5 Å². The molecule has 1 aromatic rings. The SMILES string of the molecule is CCCNc1cncc(C(=O)NC(C)C2CCCO2)n1. The van der Waals surface area contributed by atoms with E-state index in [0.717, 1.165) is 32.4 Å². The van der Waals surface area contributed by atoms with E-state index in [0.29, 0.717) is 11.5 Å². The molecule has 0 radical (unpaired) electrons. The molecule has 0 spiro atoms. The molecule has 0 saturated carbocycles. The summed E-state index contributed by atoms with van der Waals surface area (Å²) in [4.78, 5) is 20.5. The molecule has 1 saturated heterocycles. The average Bonchev–Trinajstić information content (AvgIpc) is 2.99. The van der Waals surface area contributed by atoms with E-state index >= 15 is 0 Å². The number of rotatable bonds is 6. The Labute approximate surface area is 119 Å². The Bertz CT molecular complexity index is 447.